The molecular weight excluding hydrogens is 333 g/mol. The molecular formula is C16H11Cl2N5. The Bertz CT molecular complexity index is 902. The SMILES string of the molecule is ClCc1nnc2n1-c1c(Cl)cccc1C(c1ccccn1)=NC2. The number of aliphatic imine (C=N–C) groups is 1. The van der Waals surface area contributed by atoms with Crippen LogP contribution in [0.5, 0.6) is 0 Å². The van der Waals surface area contributed by atoms with E-state index in [1.807, 2.05) is 41.0 Å². The third kappa shape index (κ3) is 2.33. The zero-order valence-electron chi connectivity index (χ0n) is 11.9. The highest BCUT2D eigenvalue weighted by atomic mass is 35.5. The van der Waals surface area contributed by atoms with E-state index in [4.69, 9.17) is 28.2 Å². The Balaban J connectivity index is 2.02. The molecule has 1 aliphatic rings. The average molecular weight is 344 g/mol. The first kappa shape index (κ1) is 14.4. The topological polar surface area (TPSA) is 56.0 Å². The molecule has 0 saturated carbocycles. The monoisotopic (exact) mass is 343 g/mol. The minimum Gasteiger partial charge on any atom is -0.278 e. The van der Waals surface area contributed by atoms with E-state index in [0.29, 0.717) is 23.2 Å². The number of pyridine rings is 1. The molecule has 0 saturated heterocycles. The van der Waals surface area contributed by atoms with Gasteiger partial charge in [0.2, 0.25) is 0 Å². The molecule has 5 nitrogen and oxygen atoms in total. The molecule has 1 aromatic carbocycles. The normalized spacial score (nSPS) is 13.0. The second-order valence-electron chi connectivity index (χ2n) is 5.02. The van der Waals surface area contributed by atoms with Crippen molar-refractivity contribution in [1.29, 1.82) is 0 Å². The lowest BCUT2D eigenvalue weighted by Crippen LogP contribution is -2.10. The molecule has 0 amide bonds. The van der Waals surface area contributed by atoms with E-state index in [-0.39, 0.29) is 5.88 Å². The Kier molecular flexibility index (Phi) is 3.59. The summed E-state index contributed by atoms with van der Waals surface area (Å²) in [5.74, 6) is 1.60. The highest BCUT2D eigenvalue weighted by Crippen LogP contribution is 2.31. The third-order valence-electron chi connectivity index (χ3n) is 3.67. The average Bonchev–Trinajstić information content (AvgIpc) is 2.91. The number of halogens is 2. The lowest BCUT2D eigenvalue weighted by molar-refractivity contribution is 0.858. The molecule has 3 aromatic rings. The smallest absolute Gasteiger partial charge is 0.159 e. The summed E-state index contributed by atoms with van der Waals surface area (Å²) in [6, 6.07) is 11.4. The molecule has 7 heteroatoms. The zero-order valence-corrected chi connectivity index (χ0v) is 13.5. The standard InChI is InChI=1S/C16H11Cl2N5/c17-8-13-21-22-14-9-20-15(12-6-1-2-7-19-12)10-4-3-5-11(18)16(10)23(13)14/h1-7H,8-9H2. The van der Waals surface area contributed by atoms with Crippen molar-refractivity contribution >= 4 is 28.9 Å². The zero-order chi connectivity index (χ0) is 15.8. The summed E-state index contributed by atoms with van der Waals surface area (Å²) in [5.41, 5.74) is 3.27. The first-order valence-electron chi connectivity index (χ1n) is 7.04. The van der Waals surface area contributed by atoms with E-state index >= 15 is 0 Å². The number of rotatable bonds is 2. The lowest BCUT2D eigenvalue weighted by Gasteiger charge is -2.14. The van der Waals surface area contributed by atoms with Crippen LogP contribution in [0.25, 0.3) is 5.69 Å². The molecule has 4 rings (SSSR count). The van der Waals surface area contributed by atoms with Crippen molar-refractivity contribution in [2.24, 2.45) is 4.99 Å². The maximum Gasteiger partial charge on any atom is 0.159 e. The quantitative estimate of drug-likeness (QED) is 0.670. The molecule has 0 fully saturated rings. The highest BCUT2D eigenvalue weighted by molar-refractivity contribution is 6.33. The van der Waals surface area contributed by atoms with Crippen LogP contribution in [-0.2, 0) is 12.4 Å². The molecule has 23 heavy (non-hydrogen) atoms. The van der Waals surface area contributed by atoms with E-state index in [1.165, 1.54) is 0 Å². The van der Waals surface area contributed by atoms with Gasteiger partial charge in [-0.1, -0.05) is 29.8 Å². The Morgan fingerprint density at radius 3 is 2.78 bits per heavy atom. The van der Waals surface area contributed by atoms with Gasteiger partial charge in [-0.3, -0.25) is 14.5 Å². The van der Waals surface area contributed by atoms with Crippen molar-refractivity contribution in [1.82, 2.24) is 19.7 Å². The van der Waals surface area contributed by atoms with Gasteiger partial charge >= 0.3 is 0 Å². The number of hydrogen-bond acceptors (Lipinski definition) is 4. The summed E-state index contributed by atoms with van der Waals surface area (Å²) in [4.78, 5) is 9.11. The molecule has 0 atom stereocenters. The predicted molar refractivity (Wildman–Crippen MR) is 89.5 cm³/mol. The second-order valence-corrected chi connectivity index (χ2v) is 5.69. The van der Waals surface area contributed by atoms with E-state index in [2.05, 4.69) is 15.2 Å². The number of nitrogens with zero attached hydrogens (tertiary/aromatic N) is 5. The van der Waals surface area contributed by atoms with Crippen molar-refractivity contribution in [2.45, 2.75) is 12.4 Å². The maximum atomic E-state index is 6.49. The molecule has 0 aliphatic carbocycles. The van der Waals surface area contributed by atoms with Gasteiger partial charge in [0, 0.05) is 11.8 Å². The predicted octanol–water partition coefficient (Wildman–Crippen LogP) is 3.41. The molecule has 2 aromatic heterocycles. The van der Waals surface area contributed by atoms with Crippen LogP contribution in [-0.4, -0.2) is 25.5 Å². The van der Waals surface area contributed by atoms with Gasteiger partial charge < -0.3 is 0 Å². The van der Waals surface area contributed by atoms with E-state index in [9.17, 15) is 0 Å². The number of alkyl halides is 1. The number of fused-ring (bicyclic) bond motifs is 3. The van der Waals surface area contributed by atoms with Gasteiger partial charge in [-0.05, 0) is 18.2 Å². The molecule has 0 spiro atoms. The third-order valence-corrected chi connectivity index (χ3v) is 4.21. The van der Waals surface area contributed by atoms with Crippen LogP contribution in [0.4, 0.5) is 0 Å². The van der Waals surface area contributed by atoms with E-state index < -0.39 is 0 Å². The molecule has 0 radical (unpaired) electrons. The molecule has 114 valence electrons. The Morgan fingerprint density at radius 2 is 2.00 bits per heavy atom. The summed E-state index contributed by atoms with van der Waals surface area (Å²) in [7, 11) is 0. The van der Waals surface area contributed by atoms with Crippen LogP contribution in [0.2, 0.25) is 5.02 Å². The summed E-state index contributed by atoms with van der Waals surface area (Å²) in [6.07, 6.45) is 1.75. The molecule has 3 heterocycles. The number of hydrogen-bond donors (Lipinski definition) is 0. The fraction of sp³-hybridized carbons (Fsp3) is 0.125. The van der Waals surface area contributed by atoms with Crippen LogP contribution in [0.3, 0.4) is 0 Å². The van der Waals surface area contributed by atoms with Crippen molar-refractivity contribution in [3.63, 3.8) is 0 Å². The van der Waals surface area contributed by atoms with Crippen LogP contribution in [0.15, 0.2) is 47.6 Å². The largest absolute Gasteiger partial charge is 0.278 e. The Morgan fingerprint density at radius 1 is 1.09 bits per heavy atom. The summed E-state index contributed by atoms with van der Waals surface area (Å²) in [6.45, 7) is 0.390. The molecule has 0 bridgehead atoms. The minimum atomic E-state index is 0.247. The van der Waals surface area contributed by atoms with Crippen molar-refractivity contribution in [3.8, 4) is 5.69 Å². The summed E-state index contributed by atoms with van der Waals surface area (Å²) in [5, 5.41) is 8.93. The van der Waals surface area contributed by atoms with Gasteiger partial charge in [0.05, 0.1) is 28.0 Å². The lowest BCUT2D eigenvalue weighted by atomic mass is 10.0. The summed E-state index contributed by atoms with van der Waals surface area (Å²) >= 11 is 12.5. The number of aromatic nitrogens is 4. The van der Waals surface area contributed by atoms with Gasteiger partial charge in [0.1, 0.15) is 6.54 Å². The molecule has 0 unspecified atom stereocenters. The molecule has 0 N–H and O–H groups in total. The van der Waals surface area contributed by atoms with E-state index in [0.717, 1.165) is 22.7 Å². The van der Waals surface area contributed by atoms with E-state index in [1.54, 1.807) is 6.20 Å². The highest BCUT2D eigenvalue weighted by Gasteiger charge is 2.24. The van der Waals surface area contributed by atoms with Gasteiger partial charge in [-0.25, -0.2) is 0 Å². The van der Waals surface area contributed by atoms with Crippen molar-refractivity contribution < 1.29 is 0 Å². The summed E-state index contributed by atoms with van der Waals surface area (Å²) < 4.78 is 1.89. The van der Waals surface area contributed by atoms with Crippen molar-refractivity contribution in [3.05, 3.63) is 70.5 Å². The maximum absolute atomic E-state index is 6.49. The fourth-order valence-corrected chi connectivity index (χ4v) is 3.12. The van der Waals surface area contributed by atoms with Crippen LogP contribution >= 0.6 is 23.2 Å². The van der Waals surface area contributed by atoms with Crippen LogP contribution in [0, 0.1) is 0 Å². The number of benzene rings is 1. The Labute approximate surface area is 142 Å². The van der Waals surface area contributed by atoms with Gasteiger partial charge in [-0.2, -0.15) is 0 Å². The second kappa shape index (κ2) is 5.76. The van der Waals surface area contributed by atoms with Gasteiger partial charge in [-0.15, -0.1) is 21.8 Å². The van der Waals surface area contributed by atoms with Crippen molar-refractivity contribution in [2.75, 3.05) is 0 Å². The van der Waals surface area contributed by atoms with Crippen LogP contribution in [0.1, 0.15) is 22.9 Å². The number of para-hydroxylation sites is 1. The first-order valence-corrected chi connectivity index (χ1v) is 7.95. The van der Waals surface area contributed by atoms with Gasteiger partial charge in [0.15, 0.2) is 11.6 Å². The Hall–Kier alpha value is -2.24. The van der Waals surface area contributed by atoms with Gasteiger partial charge in [0.25, 0.3) is 0 Å². The minimum absolute atomic E-state index is 0.247. The molecule has 1 aliphatic heterocycles. The first-order chi connectivity index (χ1) is 11.3. The fourth-order valence-electron chi connectivity index (χ4n) is 2.69. The van der Waals surface area contributed by atoms with Crippen LogP contribution < -0.4 is 0 Å².